The molecule has 3 rings (SSSR count). The monoisotopic (exact) mass is 293 g/mol. The molecule has 0 saturated heterocycles. The van der Waals surface area contributed by atoms with Crippen molar-refractivity contribution in [2.75, 3.05) is 0 Å². The third-order valence-corrected chi connectivity index (χ3v) is 3.96. The predicted octanol–water partition coefficient (Wildman–Crippen LogP) is 3.36. The van der Waals surface area contributed by atoms with Crippen LogP contribution in [-0.2, 0) is 6.61 Å². The van der Waals surface area contributed by atoms with E-state index in [4.69, 9.17) is 0 Å². The van der Waals surface area contributed by atoms with E-state index >= 15 is 0 Å². The van der Waals surface area contributed by atoms with Crippen LogP contribution in [0.15, 0.2) is 54.6 Å². The van der Waals surface area contributed by atoms with E-state index in [1.54, 1.807) is 0 Å². The highest BCUT2D eigenvalue weighted by molar-refractivity contribution is 5.66. The summed E-state index contributed by atoms with van der Waals surface area (Å²) in [5.41, 5.74) is 4.85. The Labute approximate surface area is 130 Å². The summed E-state index contributed by atoms with van der Waals surface area (Å²) in [7, 11) is 0. The number of hydrogen-bond donors (Lipinski definition) is 1. The molecule has 0 bridgehead atoms. The zero-order valence-electron chi connectivity index (χ0n) is 12.8. The van der Waals surface area contributed by atoms with Gasteiger partial charge in [-0.2, -0.15) is 0 Å². The molecule has 1 heterocycles. The van der Waals surface area contributed by atoms with Gasteiger partial charge in [-0.3, -0.25) is 0 Å². The Bertz CT molecular complexity index is 765. The first kappa shape index (κ1) is 14.5. The largest absolute Gasteiger partial charge is 0.390 e. The second-order valence-corrected chi connectivity index (χ2v) is 5.39. The van der Waals surface area contributed by atoms with Crippen molar-refractivity contribution in [2.24, 2.45) is 0 Å². The number of aliphatic hydroxyl groups excluding tert-OH is 1. The van der Waals surface area contributed by atoms with Gasteiger partial charge in [-0.1, -0.05) is 59.8 Å². The molecule has 22 heavy (non-hydrogen) atoms. The van der Waals surface area contributed by atoms with Crippen molar-refractivity contribution in [3.63, 3.8) is 0 Å². The van der Waals surface area contributed by atoms with Crippen molar-refractivity contribution in [3.05, 3.63) is 71.4 Å². The maximum Gasteiger partial charge on any atom is 0.116 e. The molecule has 2 aromatic carbocycles. The van der Waals surface area contributed by atoms with Gasteiger partial charge in [0.05, 0.1) is 18.3 Å². The lowest BCUT2D eigenvalue weighted by Crippen LogP contribution is -2.11. The highest BCUT2D eigenvalue weighted by atomic mass is 16.3. The summed E-state index contributed by atoms with van der Waals surface area (Å²) in [5, 5.41) is 18.1. The number of benzene rings is 2. The smallest absolute Gasteiger partial charge is 0.116 e. The third-order valence-electron chi connectivity index (χ3n) is 3.96. The van der Waals surface area contributed by atoms with E-state index in [0.717, 1.165) is 22.4 Å². The standard InChI is InChI=1S/C18H19N3O/c1-13-8-6-7-11-16(13)18-17(12-22)19-20-21(18)14(2)15-9-4-3-5-10-15/h3-11,14,22H,12H2,1-2H3. The average Bonchev–Trinajstić information content (AvgIpc) is 2.99. The lowest BCUT2D eigenvalue weighted by Gasteiger charge is -2.17. The SMILES string of the molecule is Cc1ccccc1-c1c(CO)nnn1C(C)c1ccccc1. The van der Waals surface area contributed by atoms with Gasteiger partial charge in [-0.15, -0.1) is 5.10 Å². The maximum atomic E-state index is 9.62. The van der Waals surface area contributed by atoms with E-state index in [2.05, 4.69) is 42.4 Å². The Morgan fingerprint density at radius 1 is 1.05 bits per heavy atom. The van der Waals surface area contributed by atoms with Gasteiger partial charge in [0.15, 0.2) is 0 Å². The molecule has 4 nitrogen and oxygen atoms in total. The molecule has 0 aliphatic heterocycles. The number of rotatable bonds is 4. The second kappa shape index (κ2) is 6.12. The van der Waals surface area contributed by atoms with Crippen LogP contribution in [-0.4, -0.2) is 20.1 Å². The molecule has 4 heteroatoms. The van der Waals surface area contributed by atoms with Gasteiger partial charge in [0.2, 0.25) is 0 Å². The molecule has 0 amide bonds. The molecular formula is C18H19N3O. The molecule has 0 saturated carbocycles. The van der Waals surface area contributed by atoms with Crippen LogP contribution in [0.25, 0.3) is 11.3 Å². The Morgan fingerprint density at radius 3 is 2.41 bits per heavy atom. The topological polar surface area (TPSA) is 50.9 Å². The second-order valence-electron chi connectivity index (χ2n) is 5.39. The average molecular weight is 293 g/mol. The Hall–Kier alpha value is -2.46. The number of aromatic nitrogens is 3. The number of aliphatic hydroxyl groups is 1. The normalized spacial score (nSPS) is 12.3. The Morgan fingerprint density at radius 2 is 1.73 bits per heavy atom. The minimum Gasteiger partial charge on any atom is -0.390 e. The fraction of sp³-hybridized carbons (Fsp3) is 0.222. The van der Waals surface area contributed by atoms with E-state index in [1.807, 2.05) is 41.1 Å². The van der Waals surface area contributed by atoms with Crippen LogP contribution in [0.3, 0.4) is 0 Å². The van der Waals surface area contributed by atoms with Crippen LogP contribution in [0, 0.1) is 6.92 Å². The molecule has 1 unspecified atom stereocenters. The van der Waals surface area contributed by atoms with E-state index < -0.39 is 0 Å². The first-order chi connectivity index (χ1) is 10.7. The summed E-state index contributed by atoms with van der Waals surface area (Å²) in [5.74, 6) is 0. The van der Waals surface area contributed by atoms with E-state index in [9.17, 15) is 5.11 Å². The zero-order chi connectivity index (χ0) is 15.5. The summed E-state index contributed by atoms with van der Waals surface area (Å²) in [6.45, 7) is 4.03. The van der Waals surface area contributed by atoms with E-state index in [0.29, 0.717) is 5.69 Å². The number of nitrogens with zero attached hydrogens (tertiary/aromatic N) is 3. The minimum atomic E-state index is -0.120. The summed E-state index contributed by atoms with van der Waals surface area (Å²) >= 11 is 0. The fourth-order valence-corrected chi connectivity index (χ4v) is 2.69. The fourth-order valence-electron chi connectivity index (χ4n) is 2.69. The Kier molecular flexibility index (Phi) is 4.02. The summed E-state index contributed by atoms with van der Waals surface area (Å²) in [6.07, 6.45) is 0. The van der Waals surface area contributed by atoms with E-state index in [-0.39, 0.29) is 12.6 Å². The van der Waals surface area contributed by atoms with Crippen LogP contribution in [0.5, 0.6) is 0 Å². The van der Waals surface area contributed by atoms with E-state index in [1.165, 1.54) is 0 Å². The summed E-state index contributed by atoms with van der Waals surface area (Å²) < 4.78 is 1.89. The zero-order valence-corrected chi connectivity index (χ0v) is 12.8. The van der Waals surface area contributed by atoms with Crippen molar-refractivity contribution in [2.45, 2.75) is 26.5 Å². The van der Waals surface area contributed by atoms with Crippen LogP contribution in [0.2, 0.25) is 0 Å². The summed E-state index contributed by atoms with van der Waals surface area (Å²) in [6, 6.07) is 18.3. The van der Waals surface area contributed by atoms with Crippen molar-refractivity contribution < 1.29 is 5.11 Å². The lowest BCUT2D eigenvalue weighted by atomic mass is 10.0. The van der Waals surface area contributed by atoms with Gasteiger partial charge in [0, 0.05) is 5.56 Å². The van der Waals surface area contributed by atoms with Crippen LogP contribution < -0.4 is 0 Å². The van der Waals surface area contributed by atoms with Gasteiger partial charge in [0.25, 0.3) is 0 Å². The van der Waals surface area contributed by atoms with Gasteiger partial charge in [-0.05, 0) is 25.0 Å². The summed E-state index contributed by atoms with van der Waals surface area (Å²) in [4.78, 5) is 0. The Balaban J connectivity index is 2.14. The van der Waals surface area contributed by atoms with Crippen molar-refractivity contribution in [1.29, 1.82) is 0 Å². The number of hydrogen-bond acceptors (Lipinski definition) is 3. The first-order valence-electron chi connectivity index (χ1n) is 7.38. The molecule has 1 atom stereocenters. The van der Waals surface area contributed by atoms with Crippen molar-refractivity contribution in [1.82, 2.24) is 15.0 Å². The van der Waals surface area contributed by atoms with Crippen LogP contribution >= 0.6 is 0 Å². The first-order valence-corrected chi connectivity index (χ1v) is 7.38. The molecule has 3 aromatic rings. The van der Waals surface area contributed by atoms with Crippen molar-refractivity contribution in [3.8, 4) is 11.3 Å². The molecular weight excluding hydrogens is 274 g/mol. The van der Waals surface area contributed by atoms with Gasteiger partial charge < -0.3 is 5.11 Å². The molecule has 0 spiro atoms. The maximum absolute atomic E-state index is 9.62. The lowest BCUT2D eigenvalue weighted by molar-refractivity contribution is 0.277. The molecule has 112 valence electrons. The minimum absolute atomic E-state index is 0.0450. The number of aryl methyl sites for hydroxylation is 1. The molecule has 0 aliphatic carbocycles. The molecule has 0 aliphatic rings. The molecule has 0 fully saturated rings. The van der Waals surface area contributed by atoms with Gasteiger partial charge >= 0.3 is 0 Å². The highest BCUT2D eigenvalue weighted by Gasteiger charge is 2.20. The molecule has 0 radical (unpaired) electrons. The quantitative estimate of drug-likeness (QED) is 0.802. The van der Waals surface area contributed by atoms with Gasteiger partial charge in [-0.25, -0.2) is 4.68 Å². The van der Waals surface area contributed by atoms with Crippen LogP contribution in [0.4, 0.5) is 0 Å². The van der Waals surface area contributed by atoms with Crippen molar-refractivity contribution >= 4 is 0 Å². The van der Waals surface area contributed by atoms with Crippen LogP contribution in [0.1, 0.15) is 29.8 Å². The van der Waals surface area contributed by atoms with Gasteiger partial charge in [0.1, 0.15) is 5.69 Å². The molecule has 1 aromatic heterocycles. The predicted molar refractivity (Wildman–Crippen MR) is 86.4 cm³/mol. The molecule has 1 N–H and O–H groups in total. The highest BCUT2D eigenvalue weighted by Crippen LogP contribution is 2.30. The third kappa shape index (κ3) is 2.53.